The molecule has 7 nitrogen and oxygen atoms in total. The molecule has 0 aromatic carbocycles. The monoisotopic (exact) mass is 269 g/mol. The molecule has 1 atom stereocenters. The average Bonchev–Trinajstić information content (AvgIpc) is 3.03. The zero-order valence-corrected chi connectivity index (χ0v) is 10.9. The van der Waals surface area contributed by atoms with Crippen LogP contribution in [0.2, 0.25) is 0 Å². The van der Waals surface area contributed by atoms with E-state index in [1.807, 2.05) is 17.0 Å². The van der Waals surface area contributed by atoms with E-state index in [4.69, 9.17) is 11.5 Å². The molecular weight excluding hydrogens is 254 g/mol. The van der Waals surface area contributed by atoms with Gasteiger partial charge >= 0.3 is 0 Å². The second kappa shape index (κ2) is 4.83. The molecule has 2 aromatic heterocycles. The highest BCUT2D eigenvalue weighted by molar-refractivity contribution is 5.67. The lowest BCUT2D eigenvalue weighted by Gasteiger charge is -2.14. The van der Waals surface area contributed by atoms with Gasteiger partial charge in [-0.3, -0.25) is 0 Å². The minimum atomic E-state index is 0.114. The van der Waals surface area contributed by atoms with Crippen LogP contribution in [-0.4, -0.2) is 33.9 Å². The van der Waals surface area contributed by atoms with Gasteiger partial charge in [0.25, 0.3) is 0 Å². The molecule has 0 aliphatic carbocycles. The van der Waals surface area contributed by atoms with Gasteiger partial charge in [-0.25, -0.2) is 4.98 Å². The lowest BCUT2D eigenvalue weighted by molar-refractivity contribution is 0.750. The Morgan fingerprint density at radius 1 is 1.40 bits per heavy atom. The topological polar surface area (TPSA) is 110 Å². The van der Waals surface area contributed by atoms with Crippen LogP contribution in [0, 0.1) is 11.3 Å². The molecule has 0 saturated carbocycles. The summed E-state index contributed by atoms with van der Waals surface area (Å²) in [6, 6.07) is 7.70. The standard InChI is InChI=1S/C13H15N7/c14-7-10-12(16)20(11-3-1-2-5-17-11)18-13(10)19-6-4-9(15)8-19/h1-3,5,9H,4,6,8,15-16H2. The van der Waals surface area contributed by atoms with E-state index < -0.39 is 0 Å². The Hall–Kier alpha value is -2.59. The van der Waals surface area contributed by atoms with Gasteiger partial charge in [-0.1, -0.05) is 6.07 Å². The summed E-state index contributed by atoms with van der Waals surface area (Å²) in [5.74, 6) is 1.49. The van der Waals surface area contributed by atoms with Crippen molar-refractivity contribution in [3.63, 3.8) is 0 Å². The van der Waals surface area contributed by atoms with Crippen molar-refractivity contribution in [1.29, 1.82) is 5.26 Å². The highest BCUT2D eigenvalue weighted by atomic mass is 15.4. The summed E-state index contributed by atoms with van der Waals surface area (Å²) in [5, 5.41) is 13.8. The average molecular weight is 269 g/mol. The van der Waals surface area contributed by atoms with E-state index in [1.165, 1.54) is 4.68 Å². The first-order valence-corrected chi connectivity index (χ1v) is 6.41. The van der Waals surface area contributed by atoms with Crippen LogP contribution < -0.4 is 16.4 Å². The molecule has 3 rings (SSSR count). The Kier molecular flexibility index (Phi) is 3.00. The van der Waals surface area contributed by atoms with Crippen molar-refractivity contribution in [3.8, 4) is 11.9 Å². The second-order valence-electron chi connectivity index (χ2n) is 4.79. The van der Waals surface area contributed by atoms with E-state index in [2.05, 4.69) is 16.2 Å². The first kappa shape index (κ1) is 12.4. The van der Waals surface area contributed by atoms with Crippen molar-refractivity contribution in [2.75, 3.05) is 23.7 Å². The zero-order chi connectivity index (χ0) is 14.1. The molecule has 7 heteroatoms. The molecular formula is C13H15N7. The van der Waals surface area contributed by atoms with Crippen molar-refractivity contribution in [1.82, 2.24) is 14.8 Å². The predicted molar refractivity (Wildman–Crippen MR) is 75.3 cm³/mol. The summed E-state index contributed by atoms with van der Waals surface area (Å²) in [6.07, 6.45) is 2.55. The summed E-state index contributed by atoms with van der Waals surface area (Å²) >= 11 is 0. The molecule has 3 heterocycles. The van der Waals surface area contributed by atoms with Gasteiger partial charge in [0.2, 0.25) is 0 Å². The number of nitrogens with two attached hydrogens (primary N) is 2. The van der Waals surface area contributed by atoms with Crippen molar-refractivity contribution >= 4 is 11.6 Å². The third kappa shape index (κ3) is 1.96. The first-order valence-electron chi connectivity index (χ1n) is 6.41. The van der Waals surface area contributed by atoms with E-state index >= 15 is 0 Å². The first-order chi connectivity index (χ1) is 9.70. The quantitative estimate of drug-likeness (QED) is 0.809. The molecule has 2 aromatic rings. The minimum Gasteiger partial charge on any atom is -0.382 e. The number of rotatable bonds is 2. The number of nitrogen functional groups attached to an aromatic ring is 1. The van der Waals surface area contributed by atoms with Crippen LogP contribution >= 0.6 is 0 Å². The maximum Gasteiger partial charge on any atom is 0.171 e. The molecule has 0 amide bonds. The molecule has 0 spiro atoms. The number of aromatic nitrogens is 3. The van der Waals surface area contributed by atoms with Crippen molar-refractivity contribution in [2.45, 2.75) is 12.5 Å². The highest BCUT2D eigenvalue weighted by Crippen LogP contribution is 2.28. The molecule has 102 valence electrons. The van der Waals surface area contributed by atoms with Crippen LogP contribution in [0.5, 0.6) is 0 Å². The Bertz CT molecular complexity index is 655. The van der Waals surface area contributed by atoms with Gasteiger partial charge in [0.1, 0.15) is 17.5 Å². The molecule has 4 N–H and O–H groups in total. The lowest BCUT2D eigenvalue weighted by Crippen LogP contribution is -2.27. The third-order valence-electron chi connectivity index (χ3n) is 3.40. The Morgan fingerprint density at radius 2 is 2.25 bits per heavy atom. The fourth-order valence-corrected chi connectivity index (χ4v) is 2.38. The van der Waals surface area contributed by atoms with Crippen molar-refractivity contribution in [2.24, 2.45) is 5.73 Å². The molecule has 1 aliphatic rings. The van der Waals surface area contributed by atoms with E-state index in [0.29, 0.717) is 29.6 Å². The van der Waals surface area contributed by atoms with E-state index in [-0.39, 0.29) is 6.04 Å². The highest BCUT2D eigenvalue weighted by Gasteiger charge is 2.27. The molecule has 20 heavy (non-hydrogen) atoms. The lowest BCUT2D eigenvalue weighted by atomic mass is 10.3. The molecule has 1 saturated heterocycles. The fraction of sp³-hybridized carbons (Fsp3) is 0.308. The largest absolute Gasteiger partial charge is 0.382 e. The summed E-state index contributed by atoms with van der Waals surface area (Å²) in [7, 11) is 0. The number of nitrogens with zero attached hydrogens (tertiary/aromatic N) is 5. The maximum absolute atomic E-state index is 9.32. The van der Waals surface area contributed by atoms with Crippen LogP contribution in [0.25, 0.3) is 5.82 Å². The number of nitriles is 1. The molecule has 1 aliphatic heterocycles. The van der Waals surface area contributed by atoms with Crippen LogP contribution in [0.15, 0.2) is 24.4 Å². The smallest absolute Gasteiger partial charge is 0.171 e. The predicted octanol–water partition coefficient (Wildman–Crippen LogP) is 0.259. The Morgan fingerprint density at radius 3 is 2.85 bits per heavy atom. The number of hydrogen-bond donors (Lipinski definition) is 2. The van der Waals surface area contributed by atoms with Crippen LogP contribution in [0.4, 0.5) is 11.6 Å². The maximum atomic E-state index is 9.32. The minimum absolute atomic E-state index is 0.114. The number of pyridine rings is 1. The normalized spacial score (nSPS) is 18.2. The van der Waals surface area contributed by atoms with E-state index in [0.717, 1.165) is 13.0 Å². The SMILES string of the molecule is N#Cc1c(N2CCC(N)C2)nn(-c2ccccn2)c1N. The number of anilines is 2. The van der Waals surface area contributed by atoms with Gasteiger partial charge in [0.05, 0.1) is 0 Å². The molecule has 1 fully saturated rings. The second-order valence-corrected chi connectivity index (χ2v) is 4.79. The summed E-state index contributed by atoms with van der Waals surface area (Å²) in [6.45, 7) is 1.47. The van der Waals surface area contributed by atoms with Crippen LogP contribution in [0.1, 0.15) is 12.0 Å². The van der Waals surface area contributed by atoms with Crippen molar-refractivity contribution < 1.29 is 0 Å². The molecule has 0 radical (unpaired) electrons. The Balaban J connectivity index is 2.06. The number of hydrogen-bond acceptors (Lipinski definition) is 6. The molecule has 0 bridgehead atoms. The van der Waals surface area contributed by atoms with Crippen molar-refractivity contribution in [3.05, 3.63) is 30.0 Å². The molecule has 1 unspecified atom stereocenters. The van der Waals surface area contributed by atoms with Gasteiger partial charge in [-0.2, -0.15) is 9.94 Å². The van der Waals surface area contributed by atoms with E-state index in [1.54, 1.807) is 12.3 Å². The fourth-order valence-electron chi connectivity index (χ4n) is 2.38. The van der Waals surface area contributed by atoms with Gasteiger partial charge in [0.15, 0.2) is 11.6 Å². The van der Waals surface area contributed by atoms with Gasteiger partial charge < -0.3 is 16.4 Å². The third-order valence-corrected chi connectivity index (χ3v) is 3.40. The van der Waals surface area contributed by atoms with Crippen LogP contribution in [0.3, 0.4) is 0 Å². The van der Waals surface area contributed by atoms with Gasteiger partial charge in [0, 0.05) is 25.3 Å². The van der Waals surface area contributed by atoms with Gasteiger partial charge in [-0.05, 0) is 18.6 Å². The zero-order valence-electron chi connectivity index (χ0n) is 10.9. The summed E-state index contributed by atoms with van der Waals surface area (Å²) in [4.78, 5) is 6.21. The Labute approximate surface area is 116 Å². The van der Waals surface area contributed by atoms with E-state index in [9.17, 15) is 5.26 Å². The van der Waals surface area contributed by atoms with Crippen LogP contribution in [-0.2, 0) is 0 Å². The summed E-state index contributed by atoms with van der Waals surface area (Å²) < 4.78 is 1.50. The van der Waals surface area contributed by atoms with Gasteiger partial charge in [-0.15, -0.1) is 5.10 Å². The summed E-state index contributed by atoms with van der Waals surface area (Å²) in [5.41, 5.74) is 12.3.